The van der Waals surface area contributed by atoms with E-state index in [0.29, 0.717) is 0 Å². The van der Waals surface area contributed by atoms with Crippen molar-refractivity contribution in [1.29, 1.82) is 0 Å². The SMILES string of the molecule is Cc1ccc(C(C)NC(=O)c2cccc(S(=O)(=O)N(C)c3ccccc3F)c2)cc1. The lowest BCUT2D eigenvalue weighted by Gasteiger charge is -2.20. The fourth-order valence-electron chi connectivity index (χ4n) is 3.01. The summed E-state index contributed by atoms with van der Waals surface area (Å²) in [5.74, 6) is -1.04. The third-order valence-electron chi connectivity index (χ3n) is 4.87. The first kappa shape index (κ1) is 21.5. The third-order valence-corrected chi connectivity index (χ3v) is 6.64. The molecule has 0 fully saturated rings. The van der Waals surface area contributed by atoms with Crippen molar-refractivity contribution in [2.45, 2.75) is 24.8 Å². The van der Waals surface area contributed by atoms with Gasteiger partial charge in [-0.05, 0) is 49.7 Å². The molecule has 1 amide bonds. The van der Waals surface area contributed by atoms with Crippen LogP contribution in [0.1, 0.15) is 34.5 Å². The number of carbonyl (C=O) groups excluding carboxylic acids is 1. The molecule has 3 aromatic carbocycles. The van der Waals surface area contributed by atoms with Crippen molar-refractivity contribution in [2.24, 2.45) is 0 Å². The average Bonchev–Trinajstić information content (AvgIpc) is 2.74. The molecule has 1 unspecified atom stereocenters. The molecule has 0 aliphatic heterocycles. The van der Waals surface area contributed by atoms with Gasteiger partial charge in [-0.15, -0.1) is 0 Å². The Hall–Kier alpha value is -3.19. The molecule has 0 spiro atoms. The lowest BCUT2D eigenvalue weighted by molar-refractivity contribution is 0.0939. The normalized spacial score (nSPS) is 12.3. The quantitative estimate of drug-likeness (QED) is 0.633. The fraction of sp³-hybridized carbons (Fsp3) is 0.174. The van der Waals surface area contributed by atoms with E-state index in [1.165, 1.54) is 43.4 Å². The monoisotopic (exact) mass is 426 g/mol. The van der Waals surface area contributed by atoms with Gasteiger partial charge in [0, 0.05) is 12.6 Å². The van der Waals surface area contributed by atoms with Crippen LogP contribution in [0.3, 0.4) is 0 Å². The van der Waals surface area contributed by atoms with Crippen LogP contribution in [0.4, 0.5) is 10.1 Å². The smallest absolute Gasteiger partial charge is 0.264 e. The van der Waals surface area contributed by atoms with Gasteiger partial charge in [0.2, 0.25) is 0 Å². The molecule has 0 aliphatic rings. The maximum Gasteiger partial charge on any atom is 0.264 e. The Morgan fingerprint density at radius 3 is 2.33 bits per heavy atom. The number of hydrogen-bond donors (Lipinski definition) is 1. The van der Waals surface area contributed by atoms with E-state index in [2.05, 4.69) is 5.32 Å². The van der Waals surface area contributed by atoms with Crippen molar-refractivity contribution in [3.8, 4) is 0 Å². The predicted molar refractivity (Wildman–Crippen MR) is 115 cm³/mol. The summed E-state index contributed by atoms with van der Waals surface area (Å²) in [6.07, 6.45) is 0. The highest BCUT2D eigenvalue weighted by Gasteiger charge is 2.24. The Kier molecular flexibility index (Phi) is 6.22. The number of nitrogens with zero attached hydrogens (tertiary/aromatic N) is 1. The summed E-state index contributed by atoms with van der Waals surface area (Å²) >= 11 is 0. The topological polar surface area (TPSA) is 66.5 Å². The number of aryl methyl sites for hydroxylation is 1. The predicted octanol–water partition coefficient (Wildman–Crippen LogP) is 4.45. The number of hydrogen-bond acceptors (Lipinski definition) is 3. The van der Waals surface area contributed by atoms with Gasteiger partial charge in [0.25, 0.3) is 15.9 Å². The molecule has 7 heteroatoms. The molecule has 3 rings (SSSR count). The lowest BCUT2D eigenvalue weighted by atomic mass is 10.1. The fourth-order valence-corrected chi connectivity index (χ4v) is 4.26. The minimum absolute atomic E-state index is 0.0691. The van der Waals surface area contributed by atoms with Crippen LogP contribution in [-0.4, -0.2) is 21.4 Å². The summed E-state index contributed by atoms with van der Waals surface area (Å²) in [6, 6.07) is 18.9. The Morgan fingerprint density at radius 1 is 1.00 bits per heavy atom. The Balaban J connectivity index is 1.83. The van der Waals surface area contributed by atoms with Gasteiger partial charge in [-0.2, -0.15) is 0 Å². The molecular formula is C23H23FN2O3S. The highest BCUT2D eigenvalue weighted by Crippen LogP contribution is 2.25. The molecule has 1 atom stereocenters. The molecular weight excluding hydrogens is 403 g/mol. The van der Waals surface area contributed by atoms with Crippen molar-refractivity contribution in [3.63, 3.8) is 0 Å². The van der Waals surface area contributed by atoms with Gasteiger partial charge >= 0.3 is 0 Å². The second kappa shape index (κ2) is 8.67. The Morgan fingerprint density at radius 2 is 1.67 bits per heavy atom. The molecule has 0 aliphatic carbocycles. The van der Waals surface area contributed by atoms with Gasteiger partial charge in [0.05, 0.1) is 16.6 Å². The summed E-state index contributed by atoms with van der Waals surface area (Å²) in [7, 11) is -2.76. The zero-order chi connectivity index (χ0) is 21.9. The molecule has 5 nitrogen and oxygen atoms in total. The van der Waals surface area contributed by atoms with E-state index in [1.54, 1.807) is 12.1 Å². The molecule has 1 N–H and O–H groups in total. The molecule has 156 valence electrons. The van der Waals surface area contributed by atoms with Crippen molar-refractivity contribution in [3.05, 3.63) is 95.3 Å². The number of carbonyl (C=O) groups is 1. The van der Waals surface area contributed by atoms with Gasteiger partial charge < -0.3 is 5.32 Å². The van der Waals surface area contributed by atoms with Crippen LogP contribution in [0.15, 0.2) is 77.7 Å². The summed E-state index contributed by atoms with van der Waals surface area (Å²) in [5.41, 5.74) is 2.20. The van der Waals surface area contributed by atoms with E-state index in [9.17, 15) is 17.6 Å². The zero-order valence-corrected chi connectivity index (χ0v) is 17.8. The average molecular weight is 427 g/mol. The van der Waals surface area contributed by atoms with Crippen LogP contribution >= 0.6 is 0 Å². The van der Waals surface area contributed by atoms with Gasteiger partial charge in [0.1, 0.15) is 5.82 Å². The standard InChI is InChI=1S/C23H23FN2O3S/c1-16-11-13-18(14-12-16)17(2)25-23(27)19-7-6-8-20(15-19)30(28,29)26(3)22-10-5-4-9-21(22)24/h4-15,17H,1-3H3,(H,25,27). The molecule has 3 aromatic rings. The number of sulfonamides is 1. The number of amides is 1. The maximum absolute atomic E-state index is 14.1. The molecule has 0 saturated heterocycles. The number of halogens is 1. The van der Waals surface area contributed by atoms with Crippen LogP contribution in [0.25, 0.3) is 0 Å². The Labute approximate surface area is 176 Å². The number of anilines is 1. The minimum Gasteiger partial charge on any atom is -0.346 e. The molecule has 0 aromatic heterocycles. The molecule has 0 heterocycles. The molecule has 0 radical (unpaired) electrons. The number of para-hydroxylation sites is 1. The van der Waals surface area contributed by atoms with Gasteiger partial charge in [-0.25, -0.2) is 12.8 Å². The van der Waals surface area contributed by atoms with Crippen molar-refractivity contribution in [2.75, 3.05) is 11.4 Å². The zero-order valence-electron chi connectivity index (χ0n) is 17.0. The third kappa shape index (κ3) is 4.52. The van der Waals surface area contributed by atoms with Crippen molar-refractivity contribution >= 4 is 21.6 Å². The van der Waals surface area contributed by atoms with Crippen LogP contribution in [0.5, 0.6) is 0 Å². The van der Waals surface area contributed by atoms with Crippen molar-refractivity contribution < 1.29 is 17.6 Å². The first-order chi connectivity index (χ1) is 14.2. The summed E-state index contributed by atoms with van der Waals surface area (Å²) in [5, 5.41) is 2.87. The lowest BCUT2D eigenvalue weighted by Crippen LogP contribution is -2.29. The highest BCUT2D eigenvalue weighted by molar-refractivity contribution is 7.92. The first-order valence-corrected chi connectivity index (χ1v) is 10.8. The van der Waals surface area contributed by atoms with Crippen LogP contribution in [0, 0.1) is 12.7 Å². The van der Waals surface area contributed by atoms with E-state index in [0.717, 1.165) is 15.4 Å². The van der Waals surface area contributed by atoms with Gasteiger partial charge in [-0.1, -0.05) is 48.0 Å². The van der Waals surface area contributed by atoms with Crippen LogP contribution in [0.2, 0.25) is 0 Å². The summed E-state index contributed by atoms with van der Waals surface area (Å²) in [4.78, 5) is 12.6. The van der Waals surface area contributed by atoms with E-state index < -0.39 is 21.7 Å². The van der Waals surface area contributed by atoms with Gasteiger partial charge in [-0.3, -0.25) is 9.10 Å². The van der Waals surface area contributed by atoms with E-state index in [1.807, 2.05) is 38.1 Å². The minimum atomic E-state index is -4.04. The van der Waals surface area contributed by atoms with Crippen LogP contribution in [-0.2, 0) is 10.0 Å². The number of nitrogens with one attached hydrogen (secondary N) is 1. The first-order valence-electron chi connectivity index (χ1n) is 9.41. The second-order valence-electron chi connectivity index (χ2n) is 7.06. The summed E-state index contributed by atoms with van der Waals surface area (Å²) in [6.45, 7) is 3.84. The van der Waals surface area contributed by atoms with E-state index >= 15 is 0 Å². The number of benzene rings is 3. The van der Waals surface area contributed by atoms with Gasteiger partial charge in [0.15, 0.2) is 0 Å². The second-order valence-corrected chi connectivity index (χ2v) is 9.03. The van der Waals surface area contributed by atoms with Crippen molar-refractivity contribution in [1.82, 2.24) is 5.32 Å². The molecule has 0 bridgehead atoms. The van der Waals surface area contributed by atoms with Crippen LogP contribution < -0.4 is 9.62 Å². The molecule has 30 heavy (non-hydrogen) atoms. The maximum atomic E-state index is 14.1. The Bertz CT molecular complexity index is 1160. The number of rotatable bonds is 6. The van der Waals surface area contributed by atoms with E-state index in [4.69, 9.17) is 0 Å². The van der Waals surface area contributed by atoms with E-state index in [-0.39, 0.29) is 22.2 Å². The highest BCUT2D eigenvalue weighted by atomic mass is 32.2. The molecule has 0 saturated carbocycles. The largest absolute Gasteiger partial charge is 0.346 e. The summed E-state index contributed by atoms with van der Waals surface area (Å²) < 4.78 is 40.8.